The molecule has 1 unspecified atom stereocenters. The number of ether oxygens (including phenoxy) is 1. The smallest absolute Gasteiger partial charge is 0.286 e. The van der Waals surface area contributed by atoms with Crippen molar-refractivity contribution >= 4 is 7.37 Å². The maximum Gasteiger partial charge on any atom is 0.286 e. The fraction of sp³-hybridized carbons (Fsp3) is 0.280. The van der Waals surface area contributed by atoms with Gasteiger partial charge in [0.1, 0.15) is 17.2 Å². The minimum atomic E-state index is -3.15. The number of benzene rings is 3. The van der Waals surface area contributed by atoms with Crippen molar-refractivity contribution in [3.05, 3.63) is 90.0 Å². The van der Waals surface area contributed by atoms with Gasteiger partial charge in [-0.3, -0.25) is 4.57 Å². The molecule has 0 radical (unpaired) electrons. The molecule has 30 heavy (non-hydrogen) atoms. The number of aromatic hydroxyl groups is 1. The van der Waals surface area contributed by atoms with E-state index in [0.717, 1.165) is 11.1 Å². The SMILES string of the molecule is CC(C)(c1ccc(O)cc1)c1ccc(OP(C)(=O)C(C)(C)Oc2ccccc2)cc1. The van der Waals surface area contributed by atoms with Crippen LogP contribution < -0.4 is 9.26 Å². The highest BCUT2D eigenvalue weighted by Gasteiger charge is 2.41. The van der Waals surface area contributed by atoms with Gasteiger partial charge in [0.05, 0.1) is 0 Å². The van der Waals surface area contributed by atoms with Crippen LogP contribution in [-0.2, 0) is 9.98 Å². The number of hydrogen-bond donors (Lipinski definition) is 1. The Morgan fingerprint density at radius 3 is 1.77 bits per heavy atom. The van der Waals surface area contributed by atoms with E-state index in [1.54, 1.807) is 32.6 Å². The lowest BCUT2D eigenvalue weighted by molar-refractivity contribution is 0.178. The number of phenolic OH excluding ortho intramolecular Hbond substituents is 1. The van der Waals surface area contributed by atoms with Crippen molar-refractivity contribution in [2.24, 2.45) is 0 Å². The summed E-state index contributed by atoms with van der Waals surface area (Å²) in [6.45, 7) is 9.41. The molecule has 0 heterocycles. The molecule has 0 spiro atoms. The van der Waals surface area contributed by atoms with Gasteiger partial charge in [-0.15, -0.1) is 0 Å². The van der Waals surface area contributed by atoms with Gasteiger partial charge in [0.2, 0.25) is 0 Å². The van der Waals surface area contributed by atoms with E-state index in [1.807, 2.05) is 66.7 Å². The van der Waals surface area contributed by atoms with Crippen LogP contribution in [0, 0.1) is 0 Å². The molecule has 0 aliphatic rings. The Morgan fingerprint density at radius 2 is 1.23 bits per heavy atom. The van der Waals surface area contributed by atoms with Crippen LogP contribution in [0.15, 0.2) is 78.9 Å². The fourth-order valence-electron chi connectivity index (χ4n) is 3.15. The standard InChI is InChI=1S/C25H29O4P/c1-24(2,19-11-15-21(26)16-12-19)20-13-17-23(18-14-20)29-30(5,27)25(3,4)28-22-9-7-6-8-10-22/h6-18,26H,1-5H3. The molecule has 3 rings (SSSR count). The van der Waals surface area contributed by atoms with E-state index in [0.29, 0.717) is 11.5 Å². The van der Waals surface area contributed by atoms with Crippen molar-refractivity contribution in [1.82, 2.24) is 0 Å². The van der Waals surface area contributed by atoms with E-state index >= 15 is 0 Å². The third kappa shape index (κ3) is 4.71. The molecule has 0 aliphatic carbocycles. The highest BCUT2D eigenvalue weighted by atomic mass is 31.2. The molecule has 0 fully saturated rings. The molecule has 0 saturated carbocycles. The molecule has 1 N–H and O–H groups in total. The molecule has 3 aromatic rings. The van der Waals surface area contributed by atoms with Crippen LogP contribution in [0.3, 0.4) is 0 Å². The Labute approximate surface area is 178 Å². The maximum atomic E-state index is 13.4. The van der Waals surface area contributed by atoms with Gasteiger partial charge in [0, 0.05) is 12.1 Å². The van der Waals surface area contributed by atoms with E-state index in [1.165, 1.54) is 0 Å². The maximum absolute atomic E-state index is 13.4. The Hall–Kier alpha value is -2.71. The first-order chi connectivity index (χ1) is 14.0. The first-order valence-electron chi connectivity index (χ1n) is 9.93. The van der Waals surface area contributed by atoms with E-state index in [2.05, 4.69) is 13.8 Å². The molecule has 0 saturated heterocycles. The lowest BCUT2D eigenvalue weighted by Crippen LogP contribution is -2.30. The lowest BCUT2D eigenvalue weighted by atomic mass is 9.78. The van der Waals surface area contributed by atoms with Gasteiger partial charge in [0.25, 0.3) is 7.37 Å². The summed E-state index contributed by atoms with van der Waals surface area (Å²) in [5.41, 5.74) is 1.93. The van der Waals surface area contributed by atoms with Gasteiger partial charge in [-0.05, 0) is 61.4 Å². The normalized spacial score (nSPS) is 14.0. The van der Waals surface area contributed by atoms with Gasteiger partial charge >= 0.3 is 0 Å². The van der Waals surface area contributed by atoms with Crippen LogP contribution in [0.5, 0.6) is 17.2 Å². The first-order valence-corrected chi connectivity index (χ1v) is 12.0. The Morgan fingerprint density at radius 1 is 0.733 bits per heavy atom. The molecule has 4 nitrogen and oxygen atoms in total. The molecule has 0 amide bonds. The number of para-hydroxylation sites is 1. The zero-order valence-electron chi connectivity index (χ0n) is 18.1. The van der Waals surface area contributed by atoms with E-state index in [-0.39, 0.29) is 11.2 Å². The predicted molar refractivity (Wildman–Crippen MR) is 122 cm³/mol. The third-order valence-corrected chi connectivity index (χ3v) is 8.14. The Balaban J connectivity index is 1.77. The summed E-state index contributed by atoms with van der Waals surface area (Å²) in [4.78, 5) is 0. The van der Waals surface area contributed by atoms with Crippen LogP contribution in [-0.4, -0.2) is 17.1 Å². The van der Waals surface area contributed by atoms with Crippen molar-refractivity contribution in [1.29, 1.82) is 0 Å². The summed E-state index contributed by atoms with van der Waals surface area (Å²) in [7, 11) is -3.15. The molecule has 0 bridgehead atoms. The van der Waals surface area contributed by atoms with Crippen LogP contribution in [0.1, 0.15) is 38.8 Å². The second-order valence-electron chi connectivity index (χ2n) is 8.50. The van der Waals surface area contributed by atoms with E-state index in [9.17, 15) is 9.67 Å². The van der Waals surface area contributed by atoms with Crippen molar-refractivity contribution in [3.63, 3.8) is 0 Å². The highest BCUT2D eigenvalue weighted by molar-refractivity contribution is 7.60. The second kappa shape index (κ2) is 8.20. The first kappa shape index (κ1) is 22.0. The average Bonchev–Trinajstić information content (AvgIpc) is 2.69. The summed E-state index contributed by atoms with van der Waals surface area (Å²) in [5.74, 6) is 1.44. The number of hydrogen-bond acceptors (Lipinski definition) is 4. The molecule has 0 aromatic heterocycles. The summed E-state index contributed by atoms with van der Waals surface area (Å²) in [5, 5.41) is 8.56. The molecule has 0 aliphatic heterocycles. The minimum Gasteiger partial charge on any atom is -0.508 e. The van der Waals surface area contributed by atoms with Crippen molar-refractivity contribution < 1.29 is 18.9 Å². The molecular formula is C25H29O4P. The van der Waals surface area contributed by atoms with Gasteiger partial charge < -0.3 is 14.4 Å². The van der Waals surface area contributed by atoms with Crippen molar-refractivity contribution in [2.45, 2.75) is 38.5 Å². The monoisotopic (exact) mass is 424 g/mol. The molecule has 1 atom stereocenters. The predicted octanol–water partition coefficient (Wildman–Crippen LogP) is 6.82. The van der Waals surface area contributed by atoms with Crippen LogP contribution in [0.25, 0.3) is 0 Å². The topological polar surface area (TPSA) is 55.8 Å². The molecule has 5 heteroatoms. The van der Waals surface area contributed by atoms with Crippen molar-refractivity contribution in [2.75, 3.05) is 6.66 Å². The summed E-state index contributed by atoms with van der Waals surface area (Å²) in [6.07, 6.45) is 0. The van der Waals surface area contributed by atoms with Gasteiger partial charge in [-0.1, -0.05) is 56.3 Å². The quantitative estimate of drug-likeness (QED) is 0.423. The second-order valence-corrected chi connectivity index (χ2v) is 11.4. The van der Waals surface area contributed by atoms with Gasteiger partial charge in [0.15, 0.2) is 5.34 Å². The van der Waals surface area contributed by atoms with Gasteiger partial charge in [-0.25, -0.2) is 0 Å². The fourth-order valence-corrected chi connectivity index (χ4v) is 4.16. The van der Waals surface area contributed by atoms with Crippen LogP contribution >= 0.6 is 7.37 Å². The van der Waals surface area contributed by atoms with Gasteiger partial charge in [-0.2, -0.15) is 0 Å². The van der Waals surface area contributed by atoms with Crippen molar-refractivity contribution in [3.8, 4) is 17.2 Å². The zero-order valence-corrected chi connectivity index (χ0v) is 19.0. The van der Waals surface area contributed by atoms with E-state index < -0.39 is 12.7 Å². The largest absolute Gasteiger partial charge is 0.508 e. The van der Waals surface area contributed by atoms with Crippen LogP contribution in [0.4, 0.5) is 0 Å². The average molecular weight is 424 g/mol. The highest BCUT2D eigenvalue weighted by Crippen LogP contribution is 2.55. The minimum absolute atomic E-state index is 0.248. The molecule has 3 aromatic carbocycles. The van der Waals surface area contributed by atoms with Crippen LogP contribution in [0.2, 0.25) is 0 Å². The van der Waals surface area contributed by atoms with E-state index in [4.69, 9.17) is 9.26 Å². The zero-order chi connectivity index (χ0) is 22.0. The Bertz CT molecular complexity index is 1020. The number of rotatable bonds is 7. The summed E-state index contributed by atoms with van der Waals surface area (Å²) < 4.78 is 25.3. The third-order valence-electron chi connectivity index (χ3n) is 5.53. The number of phenols is 1. The summed E-state index contributed by atoms with van der Waals surface area (Å²) >= 11 is 0. The molecule has 158 valence electrons. The molecular weight excluding hydrogens is 395 g/mol. The summed E-state index contributed by atoms with van der Waals surface area (Å²) in [6, 6.07) is 24.2. The lowest BCUT2D eigenvalue weighted by Gasteiger charge is -2.32. The Kier molecular flexibility index (Phi) is 6.01.